The Morgan fingerprint density at radius 2 is 1.96 bits per heavy atom. The van der Waals surface area contributed by atoms with Crippen LogP contribution in [-0.2, 0) is 9.59 Å². The standard InChI is InChI=1S/C20H30N4O3/c1-4-23(5-2)15-13-21-19(25)12-14-24-20(26)11-10-18(22-24)16-6-8-17(27-3)9-7-16/h6-10,22H,4-5,11-15H2,1-3H3,(H,21,25). The van der Waals surface area contributed by atoms with E-state index in [1.807, 2.05) is 30.3 Å². The average molecular weight is 374 g/mol. The van der Waals surface area contributed by atoms with Crippen LogP contribution in [0.25, 0.3) is 5.70 Å². The molecule has 0 radical (unpaired) electrons. The van der Waals surface area contributed by atoms with Crippen molar-refractivity contribution < 1.29 is 14.3 Å². The van der Waals surface area contributed by atoms with Gasteiger partial charge < -0.3 is 15.0 Å². The van der Waals surface area contributed by atoms with E-state index in [4.69, 9.17) is 4.74 Å². The molecule has 0 aliphatic carbocycles. The number of nitrogens with zero attached hydrogens (tertiary/aromatic N) is 2. The van der Waals surface area contributed by atoms with Crippen molar-refractivity contribution in [1.82, 2.24) is 20.7 Å². The molecule has 2 rings (SSSR count). The maximum atomic E-state index is 12.1. The zero-order valence-corrected chi connectivity index (χ0v) is 16.5. The van der Waals surface area contributed by atoms with E-state index in [2.05, 4.69) is 29.5 Å². The van der Waals surface area contributed by atoms with Crippen LogP contribution in [0.1, 0.15) is 32.3 Å². The third kappa shape index (κ3) is 6.29. The molecule has 2 amide bonds. The minimum atomic E-state index is -0.0442. The van der Waals surface area contributed by atoms with Crippen molar-refractivity contribution in [3.63, 3.8) is 0 Å². The number of carbonyl (C=O) groups excluding carboxylic acids is 2. The summed E-state index contributed by atoms with van der Waals surface area (Å²) in [5, 5.41) is 4.43. The lowest BCUT2D eigenvalue weighted by Gasteiger charge is -2.29. The third-order valence-corrected chi connectivity index (χ3v) is 4.65. The molecule has 0 fully saturated rings. The fourth-order valence-electron chi connectivity index (χ4n) is 2.88. The number of benzene rings is 1. The van der Waals surface area contributed by atoms with Gasteiger partial charge in [0.2, 0.25) is 11.8 Å². The number of hydrogen-bond acceptors (Lipinski definition) is 5. The molecule has 0 saturated carbocycles. The summed E-state index contributed by atoms with van der Waals surface area (Å²) in [5.74, 6) is 0.699. The Morgan fingerprint density at radius 1 is 1.26 bits per heavy atom. The van der Waals surface area contributed by atoms with Crippen LogP contribution in [0.4, 0.5) is 0 Å². The molecule has 7 nitrogen and oxygen atoms in total. The first-order valence-electron chi connectivity index (χ1n) is 9.48. The second-order valence-corrected chi connectivity index (χ2v) is 6.33. The summed E-state index contributed by atoms with van der Waals surface area (Å²) < 4.78 is 5.17. The van der Waals surface area contributed by atoms with Crippen LogP contribution in [0.2, 0.25) is 0 Å². The van der Waals surface area contributed by atoms with Crippen molar-refractivity contribution in [2.45, 2.75) is 26.7 Å². The number of hydrogen-bond donors (Lipinski definition) is 2. The predicted molar refractivity (Wildman–Crippen MR) is 106 cm³/mol. The SMILES string of the molecule is CCN(CC)CCNC(=O)CCN1NC(c2ccc(OC)cc2)=CCC1=O. The number of amides is 2. The fourth-order valence-corrected chi connectivity index (χ4v) is 2.88. The molecule has 0 spiro atoms. The summed E-state index contributed by atoms with van der Waals surface area (Å²) in [7, 11) is 1.63. The number of likely N-dealkylation sites (N-methyl/N-ethyl adjacent to an activating group) is 1. The van der Waals surface area contributed by atoms with Gasteiger partial charge in [-0.2, -0.15) is 0 Å². The van der Waals surface area contributed by atoms with Crippen molar-refractivity contribution in [3.05, 3.63) is 35.9 Å². The number of hydrazine groups is 1. The van der Waals surface area contributed by atoms with E-state index in [-0.39, 0.29) is 18.2 Å². The Kier molecular flexibility index (Phi) is 8.13. The highest BCUT2D eigenvalue weighted by Crippen LogP contribution is 2.20. The van der Waals surface area contributed by atoms with E-state index in [0.717, 1.165) is 36.6 Å². The van der Waals surface area contributed by atoms with Gasteiger partial charge in [-0.25, -0.2) is 0 Å². The highest BCUT2D eigenvalue weighted by molar-refractivity contribution is 5.84. The smallest absolute Gasteiger partial charge is 0.244 e. The number of methoxy groups -OCH3 is 1. The molecule has 2 N–H and O–H groups in total. The van der Waals surface area contributed by atoms with Gasteiger partial charge in [-0.15, -0.1) is 0 Å². The van der Waals surface area contributed by atoms with Gasteiger partial charge in [-0.05, 0) is 49.0 Å². The molecule has 1 aliphatic rings. The van der Waals surface area contributed by atoms with E-state index >= 15 is 0 Å². The predicted octanol–water partition coefficient (Wildman–Crippen LogP) is 1.62. The van der Waals surface area contributed by atoms with E-state index in [1.165, 1.54) is 5.01 Å². The fraction of sp³-hybridized carbons (Fsp3) is 0.500. The molecular weight excluding hydrogens is 344 g/mol. The minimum absolute atomic E-state index is 0.0387. The summed E-state index contributed by atoms with van der Waals surface area (Å²) in [6, 6.07) is 7.63. The Hall–Kier alpha value is -2.54. The average Bonchev–Trinajstić information content (AvgIpc) is 2.70. The molecule has 1 aromatic carbocycles. The Bertz CT molecular complexity index is 654. The van der Waals surface area contributed by atoms with Crippen molar-refractivity contribution in [3.8, 4) is 5.75 Å². The molecule has 7 heteroatoms. The van der Waals surface area contributed by atoms with E-state index in [0.29, 0.717) is 19.5 Å². The van der Waals surface area contributed by atoms with E-state index in [9.17, 15) is 9.59 Å². The van der Waals surface area contributed by atoms with Crippen LogP contribution in [0.3, 0.4) is 0 Å². The molecule has 0 aromatic heterocycles. The Morgan fingerprint density at radius 3 is 2.59 bits per heavy atom. The van der Waals surface area contributed by atoms with Gasteiger partial charge in [-0.3, -0.25) is 20.0 Å². The van der Waals surface area contributed by atoms with Gasteiger partial charge in [0, 0.05) is 25.9 Å². The lowest BCUT2D eigenvalue weighted by molar-refractivity contribution is -0.133. The normalized spacial score (nSPS) is 14.0. The highest BCUT2D eigenvalue weighted by atomic mass is 16.5. The summed E-state index contributed by atoms with van der Waals surface area (Å²) in [6.07, 6.45) is 2.45. The van der Waals surface area contributed by atoms with Crippen molar-refractivity contribution in [2.24, 2.45) is 0 Å². The van der Waals surface area contributed by atoms with Crippen molar-refractivity contribution >= 4 is 17.5 Å². The summed E-state index contributed by atoms with van der Waals surface area (Å²) in [5.41, 5.74) is 4.95. The van der Waals surface area contributed by atoms with Crippen LogP contribution >= 0.6 is 0 Å². The zero-order chi connectivity index (χ0) is 19.6. The first-order chi connectivity index (χ1) is 13.1. The topological polar surface area (TPSA) is 73.9 Å². The monoisotopic (exact) mass is 374 g/mol. The first kappa shape index (κ1) is 20.8. The lowest BCUT2D eigenvalue weighted by atomic mass is 10.1. The summed E-state index contributed by atoms with van der Waals surface area (Å²) >= 11 is 0. The van der Waals surface area contributed by atoms with Crippen molar-refractivity contribution in [2.75, 3.05) is 39.8 Å². The number of carbonyl (C=O) groups is 2. The molecule has 1 heterocycles. The van der Waals surface area contributed by atoms with Crippen LogP contribution < -0.4 is 15.5 Å². The lowest BCUT2D eigenvalue weighted by Crippen LogP contribution is -2.46. The second-order valence-electron chi connectivity index (χ2n) is 6.33. The van der Waals surface area contributed by atoms with Gasteiger partial charge in [0.15, 0.2) is 0 Å². The quantitative estimate of drug-likeness (QED) is 0.651. The number of ether oxygens (including phenoxy) is 1. The molecule has 0 atom stereocenters. The van der Waals surface area contributed by atoms with E-state index in [1.54, 1.807) is 7.11 Å². The molecule has 0 bridgehead atoms. The van der Waals surface area contributed by atoms with E-state index < -0.39 is 0 Å². The van der Waals surface area contributed by atoms with Crippen LogP contribution in [0.15, 0.2) is 30.3 Å². The minimum Gasteiger partial charge on any atom is -0.497 e. The van der Waals surface area contributed by atoms with Gasteiger partial charge in [0.05, 0.1) is 19.4 Å². The summed E-state index contributed by atoms with van der Waals surface area (Å²) in [6.45, 7) is 7.95. The third-order valence-electron chi connectivity index (χ3n) is 4.65. The number of nitrogens with one attached hydrogen (secondary N) is 2. The van der Waals surface area contributed by atoms with Crippen LogP contribution in [0, 0.1) is 0 Å². The Labute approximate surface area is 161 Å². The molecule has 27 heavy (non-hydrogen) atoms. The van der Waals surface area contributed by atoms with Crippen LogP contribution in [-0.4, -0.2) is 61.6 Å². The van der Waals surface area contributed by atoms with Crippen LogP contribution in [0.5, 0.6) is 5.75 Å². The number of rotatable bonds is 10. The van der Waals surface area contributed by atoms with Gasteiger partial charge in [0.25, 0.3) is 0 Å². The highest BCUT2D eigenvalue weighted by Gasteiger charge is 2.20. The van der Waals surface area contributed by atoms with Crippen molar-refractivity contribution in [1.29, 1.82) is 0 Å². The zero-order valence-electron chi connectivity index (χ0n) is 16.5. The maximum Gasteiger partial charge on any atom is 0.244 e. The molecule has 1 aliphatic heterocycles. The molecule has 0 unspecified atom stereocenters. The van der Waals surface area contributed by atoms with Gasteiger partial charge in [0.1, 0.15) is 5.75 Å². The molecular formula is C20H30N4O3. The largest absolute Gasteiger partial charge is 0.497 e. The van der Waals surface area contributed by atoms with Gasteiger partial charge >= 0.3 is 0 Å². The molecule has 1 aromatic rings. The van der Waals surface area contributed by atoms with Gasteiger partial charge in [-0.1, -0.05) is 13.8 Å². The molecule has 148 valence electrons. The Balaban J connectivity index is 1.81. The first-order valence-corrected chi connectivity index (χ1v) is 9.48. The molecule has 0 saturated heterocycles. The summed E-state index contributed by atoms with van der Waals surface area (Å²) in [4.78, 5) is 26.4. The second kappa shape index (κ2) is 10.6. The maximum absolute atomic E-state index is 12.1.